The van der Waals surface area contributed by atoms with Gasteiger partial charge in [0.25, 0.3) is 0 Å². The summed E-state index contributed by atoms with van der Waals surface area (Å²) >= 11 is 1.81. The Balaban J connectivity index is 0.00000243. The van der Waals surface area contributed by atoms with Crippen molar-refractivity contribution >= 4 is 47.0 Å². The third kappa shape index (κ3) is 5.36. The first kappa shape index (κ1) is 21.0. The van der Waals surface area contributed by atoms with Crippen LogP contribution in [-0.2, 0) is 13.0 Å². The summed E-state index contributed by atoms with van der Waals surface area (Å²) in [6.45, 7) is 5.08. The van der Waals surface area contributed by atoms with Crippen LogP contribution in [-0.4, -0.2) is 33.1 Å². The van der Waals surface area contributed by atoms with Gasteiger partial charge in [0.2, 0.25) is 0 Å². The highest BCUT2D eigenvalue weighted by atomic mass is 127. The number of hydrogen-bond acceptors (Lipinski definition) is 3. The molecule has 142 valence electrons. The second-order valence-electron chi connectivity index (χ2n) is 6.71. The molecule has 2 heterocycles. The van der Waals surface area contributed by atoms with Crippen molar-refractivity contribution < 1.29 is 0 Å². The Labute approximate surface area is 178 Å². The molecule has 0 fully saturated rings. The Hall–Kier alpha value is -1.28. The van der Waals surface area contributed by atoms with Gasteiger partial charge < -0.3 is 15.5 Å². The molecule has 0 aliphatic carbocycles. The van der Waals surface area contributed by atoms with E-state index < -0.39 is 0 Å². The van der Waals surface area contributed by atoms with Crippen molar-refractivity contribution in [1.29, 1.82) is 0 Å². The maximum atomic E-state index is 4.35. The number of thiophene rings is 1. The van der Waals surface area contributed by atoms with Crippen LogP contribution in [0.5, 0.6) is 0 Å². The van der Waals surface area contributed by atoms with Crippen molar-refractivity contribution in [2.24, 2.45) is 4.99 Å². The maximum absolute atomic E-state index is 4.35. The summed E-state index contributed by atoms with van der Waals surface area (Å²) < 4.78 is 0. The molecular formula is C20H29IN4S. The van der Waals surface area contributed by atoms with E-state index in [2.05, 4.69) is 70.2 Å². The van der Waals surface area contributed by atoms with Crippen LogP contribution in [0, 0.1) is 0 Å². The van der Waals surface area contributed by atoms with E-state index in [1.54, 1.807) is 0 Å². The number of nitrogens with zero attached hydrogens (tertiary/aromatic N) is 2. The van der Waals surface area contributed by atoms with E-state index in [1.165, 1.54) is 34.5 Å². The summed E-state index contributed by atoms with van der Waals surface area (Å²) in [7, 11) is 4.00. The van der Waals surface area contributed by atoms with Crippen LogP contribution >= 0.6 is 35.3 Å². The average molecular weight is 484 g/mol. The lowest BCUT2D eigenvalue weighted by atomic mass is 9.99. The number of aryl methyl sites for hydroxylation is 1. The fourth-order valence-corrected chi connectivity index (χ4v) is 4.06. The number of nitrogens with one attached hydrogen (secondary N) is 2. The summed E-state index contributed by atoms with van der Waals surface area (Å²) in [5.74, 6) is 1.34. The second kappa shape index (κ2) is 10.2. The molecule has 1 unspecified atom stereocenters. The lowest BCUT2D eigenvalue weighted by molar-refractivity contribution is 0.707. The van der Waals surface area contributed by atoms with Crippen molar-refractivity contribution in [3.63, 3.8) is 0 Å². The third-order valence-electron chi connectivity index (χ3n) is 4.78. The summed E-state index contributed by atoms with van der Waals surface area (Å²) in [4.78, 5) is 8.10. The van der Waals surface area contributed by atoms with Gasteiger partial charge >= 0.3 is 0 Å². The van der Waals surface area contributed by atoms with E-state index in [0.29, 0.717) is 5.92 Å². The molecule has 2 aromatic rings. The van der Waals surface area contributed by atoms with Gasteiger partial charge in [-0.3, -0.25) is 4.99 Å². The van der Waals surface area contributed by atoms with Crippen molar-refractivity contribution in [3.05, 3.63) is 51.7 Å². The largest absolute Gasteiger partial charge is 0.374 e. The average Bonchev–Trinajstić information content (AvgIpc) is 3.16. The minimum atomic E-state index is 0. The van der Waals surface area contributed by atoms with Gasteiger partial charge in [-0.2, -0.15) is 0 Å². The van der Waals surface area contributed by atoms with Gasteiger partial charge in [0.1, 0.15) is 0 Å². The molecule has 3 rings (SSSR count). The molecule has 1 atom stereocenters. The number of hydrogen-bond donors (Lipinski definition) is 2. The van der Waals surface area contributed by atoms with E-state index in [4.69, 9.17) is 0 Å². The molecule has 0 radical (unpaired) electrons. The predicted molar refractivity (Wildman–Crippen MR) is 124 cm³/mol. The molecule has 26 heavy (non-hydrogen) atoms. The summed E-state index contributed by atoms with van der Waals surface area (Å²) in [6.07, 6.45) is 2.42. The zero-order valence-corrected chi connectivity index (χ0v) is 18.9. The second-order valence-corrected chi connectivity index (χ2v) is 7.69. The zero-order valence-electron chi connectivity index (χ0n) is 15.8. The first-order valence-corrected chi connectivity index (χ1v) is 9.86. The van der Waals surface area contributed by atoms with Crippen LogP contribution < -0.4 is 15.5 Å². The third-order valence-corrected chi connectivity index (χ3v) is 5.89. The molecule has 0 bridgehead atoms. The number of rotatable bonds is 5. The van der Waals surface area contributed by atoms with Gasteiger partial charge in [-0.25, -0.2) is 0 Å². The minimum Gasteiger partial charge on any atom is -0.374 e. The molecule has 1 aromatic heterocycles. The number of benzene rings is 1. The molecule has 6 heteroatoms. The monoisotopic (exact) mass is 484 g/mol. The van der Waals surface area contributed by atoms with Crippen molar-refractivity contribution in [2.75, 3.05) is 32.1 Å². The molecular weight excluding hydrogens is 455 g/mol. The standard InChI is InChI=1S/C20H28N4S.HI/c1-15(19-7-5-11-25-19)13-22-20(21-2)23-14-16-8-9-18-17(12-16)6-4-10-24(18)3;/h5,7-9,11-12,15H,4,6,10,13-14H2,1-3H3,(H2,21,22,23);1H. The molecule has 1 aromatic carbocycles. The fraction of sp³-hybridized carbons (Fsp3) is 0.450. The summed E-state index contributed by atoms with van der Waals surface area (Å²) in [5.41, 5.74) is 4.15. The van der Waals surface area contributed by atoms with E-state index in [-0.39, 0.29) is 24.0 Å². The molecule has 1 aliphatic rings. The molecule has 4 nitrogen and oxygen atoms in total. The van der Waals surface area contributed by atoms with Crippen LogP contribution in [0.25, 0.3) is 0 Å². The molecule has 0 saturated carbocycles. The van der Waals surface area contributed by atoms with Crippen LogP contribution in [0.15, 0.2) is 40.7 Å². The van der Waals surface area contributed by atoms with Gasteiger partial charge in [-0.1, -0.05) is 25.1 Å². The highest BCUT2D eigenvalue weighted by Gasteiger charge is 2.14. The lowest BCUT2D eigenvalue weighted by Gasteiger charge is -2.28. The van der Waals surface area contributed by atoms with Crippen LogP contribution in [0.1, 0.15) is 35.3 Å². The summed E-state index contributed by atoms with van der Waals surface area (Å²) in [6, 6.07) is 11.1. The SMILES string of the molecule is CN=C(NCc1ccc2c(c1)CCCN2C)NCC(C)c1cccs1.I. The topological polar surface area (TPSA) is 39.7 Å². The van der Waals surface area contributed by atoms with Crippen LogP contribution in [0.4, 0.5) is 5.69 Å². The van der Waals surface area contributed by atoms with E-state index >= 15 is 0 Å². The molecule has 0 amide bonds. The van der Waals surface area contributed by atoms with Crippen molar-refractivity contribution in [3.8, 4) is 0 Å². The van der Waals surface area contributed by atoms with Crippen LogP contribution in [0.2, 0.25) is 0 Å². The number of guanidine groups is 1. The van der Waals surface area contributed by atoms with Gasteiger partial charge in [-0.15, -0.1) is 35.3 Å². The Morgan fingerprint density at radius 3 is 2.88 bits per heavy atom. The quantitative estimate of drug-likeness (QED) is 0.380. The number of halogens is 1. The number of anilines is 1. The Morgan fingerprint density at radius 2 is 2.15 bits per heavy atom. The predicted octanol–water partition coefficient (Wildman–Crippen LogP) is 4.22. The van der Waals surface area contributed by atoms with Gasteiger partial charge in [0.05, 0.1) is 0 Å². The Bertz CT molecular complexity index is 715. The molecule has 2 N–H and O–H groups in total. The molecule has 1 aliphatic heterocycles. The zero-order chi connectivity index (χ0) is 17.6. The van der Waals surface area contributed by atoms with Gasteiger partial charge in [0, 0.05) is 50.2 Å². The Kier molecular flexibility index (Phi) is 8.21. The van der Waals surface area contributed by atoms with Gasteiger partial charge in [-0.05, 0) is 41.5 Å². The molecule has 0 saturated heterocycles. The lowest BCUT2D eigenvalue weighted by Crippen LogP contribution is -2.38. The van der Waals surface area contributed by atoms with Crippen molar-refractivity contribution in [1.82, 2.24) is 10.6 Å². The first-order chi connectivity index (χ1) is 12.2. The number of fused-ring (bicyclic) bond motifs is 1. The van der Waals surface area contributed by atoms with E-state index in [9.17, 15) is 0 Å². The highest BCUT2D eigenvalue weighted by Crippen LogP contribution is 2.26. The first-order valence-electron chi connectivity index (χ1n) is 8.98. The van der Waals surface area contributed by atoms with Gasteiger partial charge in [0.15, 0.2) is 5.96 Å². The van der Waals surface area contributed by atoms with Crippen molar-refractivity contribution in [2.45, 2.75) is 32.2 Å². The van der Waals surface area contributed by atoms with E-state index in [0.717, 1.165) is 25.6 Å². The minimum absolute atomic E-state index is 0. The number of aliphatic imine (C=N–C) groups is 1. The Morgan fingerprint density at radius 1 is 1.31 bits per heavy atom. The molecule has 0 spiro atoms. The highest BCUT2D eigenvalue weighted by molar-refractivity contribution is 14.0. The smallest absolute Gasteiger partial charge is 0.191 e. The maximum Gasteiger partial charge on any atom is 0.191 e. The normalized spacial score (nSPS) is 15.0. The van der Waals surface area contributed by atoms with E-state index in [1.807, 2.05) is 18.4 Å². The fourth-order valence-electron chi connectivity index (χ4n) is 3.28. The summed E-state index contributed by atoms with van der Waals surface area (Å²) in [5, 5.41) is 9.00. The van der Waals surface area contributed by atoms with Crippen LogP contribution in [0.3, 0.4) is 0 Å².